The van der Waals surface area contributed by atoms with E-state index in [9.17, 15) is 0 Å². The van der Waals surface area contributed by atoms with Crippen LogP contribution >= 0.6 is 11.8 Å². The smallest absolute Gasteiger partial charge is 0.0327 e. The highest BCUT2D eigenvalue weighted by Gasteiger charge is 1.98. The molecule has 0 atom stereocenters. The zero-order valence-electron chi connectivity index (χ0n) is 4.24. The SMILES string of the molecule is C=C1CSCCN1. The molecule has 1 saturated heterocycles. The Morgan fingerprint density at radius 3 is 2.86 bits per heavy atom. The molecule has 1 fully saturated rings. The second-order valence-corrected chi connectivity index (χ2v) is 2.69. The molecule has 0 bridgehead atoms. The van der Waals surface area contributed by atoms with Gasteiger partial charge < -0.3 is 5.32 Å². The Labute approximate surface area is 48.2 Å². The van der Waals surface area contributed by atoms with E-state index < -0.39 is 0 Å². The maximum Gasteiger partial charge on any atom is 0.0327 e. The summed E-state index contributed by atoms with van der Waals surface area (Å²) in [6.45, 7) is 4.88. The van der Waals surface area contributed by atoms with E-state index in [1.165, 1.54) is 11.4 Å². The van der Waals surface area contributed by atoms with Crippen LogP contribution in [0, 0.1) is 0 Å². The molecule has 0 aromatic rings. The maximum atomic E-state index is 3.78. The van der Waals surface area contributed by atoms with Crippen LogP contribution in [0.25, 0.3) is 0 Å². The van der Waals surface area contributed by atoms with Crippen LogP contribution in [0.4, 0.5) is 0 Å². The van der Waals surface area contributed by atoms with Gasteiger partial charge in [-0.1, -0.05) is 6.58 Å². The quantitative estimate of drug-likeness (QED) is 0.502. The van der Waals surface area contributed by atoms with Crippen LogP contribution in [0.15, 0.2) is 12.3 Å². The van der Waals surface area contributed by atoms with Gasteiger partial charge in [-0.3, -0.25) is 0 Å². The molecule has 7 heavy (non-hydrogen) atoms. The maximum absolute atomic E-state index is 3.78. The molecule has 0 aromatic heterocycles. The average Bonchev–Trinajstić information content (AvgIpc) is 1.69. The first kappa shape index (κ1) is 5.04. The molecule has 0 aliphatic carbocycles. The second-order valence-electron chi connectivity index (χ2n) is 1.58. The lowest BCUT2D eigenvalue weighted by Gasteiger charge is -2.13. The summed E-state index contributed by atoms with van der Waals surface area (Å²) in [5.74, 6) is 2.33. The second kappa shape index (κ2) is 2.26. The fourth-order valence-corrected chi connectivity index (χ4v) is 1.29. The van der Waals surface area contributed by atoms with E-state index in [0.717, 1.165) is 12.3 Å². The molecule has 0 saturated carbocycles. The molecule has 0 radical (unpaired) electrons. The number of thioether (sulfide) groups is 1. The van der Waals surface area contributed by atoms with Crippen molar-refractivity contribution in [2.24, 2.45) is 0 Å². The summed E-state index contributed by atoms with van der Waals surface area (Å²) >= 11 is 1.94. The van der Waals surface area contributed by atoms with Gasteiger partial charge >= 0.3 is 0 Å². The van der Waals surface area contributed by atoms with E-state index in [0.29, 0.717) is 0 Å². The molecule has 1 aliphatic heterocycles. The first-order chi connectivity index (χ1) is 3.39. The molecule has 1 heterocycles. The highest BCUT2D eigenvalue weighted by molar-refractivity contribution is 7.99. The van der Waals surface area contributed by atoms with Gasteiger partial charge in [-0.15, -0.1) is 0 Å². The van der Waals surface area contributed by atoms with E-state index in [4.69, 9.17) is 0 Å². The number of hydrogen-bond donors (Lipinski definition) is 1. The number of nitrogens with one attached hydrogen (secondary N) is 1. The van der Waals surface area contributed by atoms with Crippen molar-refractivity contribution >= 4 is 11.8 Å². The summed E-state index contributed by atoms with van der Waals surface area (Å²) in [4.78, 5) is 0. The van der Waals surface area contributed by atoms with Crippen molar-refractivity contribution in [3.8, 4) is 0 Å². The predicted octanol–water partition coefficient (Wildman–Crippen LogP) is 0.837. The van der Waals surface area contributed by atoms with E-state index in [-0.39, 0.29) is 0 Å². The molecule has 0 amide bonds. The van der Waals surface area contributed by atoms with Gasteiger partial charge in [0.25, 0.3) is 0 Å². The lowest BCUT2D eigenvalue weighted by Crippen LogP contribution is -2.22. The van der Waals surface area contributed by atoms with Crippen LogP contribution in [0.1, 0.15) is 0 Å². The zero-order chi connectivity index (χ0) is 5.11. The zero-order valence-corrected chi connectivity index (χ0v) is 5.05. The summed E-state index contributed by atoms with van der Waals surface area (Å²) in [6.07, 6.45) is 0. The molecule has 1 nitrogen and oxygen atoms in total. The number of hydrogen-bond acceptors (Lipinski definition) is 2. The van der Waals surface area contributed by atoms with Crippen LogP contribution in [0.2, 0.25) is 0 Å². The predicted molar refractivity (Wildman–Crippen MR) is 34.5 cm³/mol. The van der Waals surface area contributed by atoms with E-state index in [1.54, 1.807) is 0 Å². The monoisotopic (exact) mass is 115 g/mol. The van der Waals surface area contributed by atoms with Crippen LogP contribution in [0.3, 0.4) is 0 Å². The third-order valence-corrected chi connectivity index (χ3v) is 1.94. The Morgan fingerprint density at radius 1 is 1.71 bits per heavy atom. The van der Waals surface area contributed by atoms with E-state index >= 15 is 0 Å². The van der Waals surface area contributed by atoms with Crippen molar-refractivity contribution in [1.29, 1.82) is 0 Å². The standard InChI is InChI=1S/C5H9NS/c1-5-4-7-3-2-6-5/h6H,1-4H2. The molecule has 1 rings (SSSR count). The largest absolute Gasteiger partial charge is 0.387 e. The Kier molecular flexibility index (Phi) is 1.63. The molecule has 1 N–H and O–H groups in total. The topological polar surface area (TPSA) is 12.0 Å². The lowest BCUT2D eigenvalue weighted by molar-refractivity contribution is 0.853. The molecular formula is C5H9NS. The average molecular weight is 115 g/mol. The molecule has 0 unspecified atom stereocenters. The van der Waals surface area contributed by atoms with E-state index in [1.807, 2.05) is 11.8 Å². The van der Waals surface area contributed by atoms with Crippen molar-refractivity contribution in [1.82, 2.24) is 5.32 Å². The minimum Gasteiger partial charge on any atom is -0.387 e. The fraction of sp³-hybridized carbons (Fsp3) is 0.600. The summed E-state index contributed by atoms with van der Waals surface area (Å²) < 4.78 is 0. The van der Waals surface area contributed by atoms with Gasteiger partial charge in [0.1, 0.15) is 0 Å². The van der Waals surface area contributed by atoms with Gasteiger partial charge in [-0.25, -0.2) is 0 Å². The summed E-state index contributed by atoms with van der Waals surface area (Å²) in [7, 11) is 0. The first-order valence-electron chi connectivity index (χ1n) is 2.39. The minimum atomic E-state index is 1.10. The van der Waals surface area contributed by atoms with Crippen molar-refractivity contribution in [3.63, 3.8) is 0 Å². The molecule has 2 heteroatoms. The third-order valence-electron chi connectivity index (χ3n) is 0.898. The fourth-order valence-electron chi connectivity index (χ4n) is 0.546. The van der Waals surface area contributed by atoms with Crippen LogP contribution in [-0.4, -0.2) is 18.1 Å². The van der Waals surface area contributed by atoms with Crippen molar-refractivity contribution < 1.29 is 0 Å². The molecule has 0 aromatic carbocycles. The van der Waals surface area contributed by atoms with E-state index in [2.05, 4.69) is 11.9 Å². The van der Waals surface area contributed by atoms with Gasteiger partial charge in [0.2, 0.25) is 0 Å². The Hall–Kier alpha value is -0.110. The van der Waals surface area contributed by atoms with Gasteiger partial charge in [0.15, 0.2) is 0 Å². The van der Waals surface area contributed by atoms with Crippen molar-refractivity contribution in [3.05, 3.63) is 12.3 Å². The first-order valence-corrected chi connectivity index (χ1v) is 3.54. The number of rotatable bonds is 0. The van der Waals surface area contributed by atoms with Crippen molar-refractivity contribution in [2.45, 2.75) is 0 Å². The lowest BCUT2D eigenvalue weighted by atomic mass is 10.5. The van der Waals surface area contributed by atoms with Gasteiger partial charge in [0, 0.05) is 23.7 Å². The normalized spacial score (nSPS) is 21.4. The summed E-state index contributed by atoms with van der Waals surface area (Å²) in [6, 6.07) is 0. The van der Waals surface area contributed by atoms with Gasteiger partial charge in [-0.05, 0) is 0 Å². The van der Waals surface area contributed by atoms with Crippen molar-refractivity contribution in [2.75, 3.05) is 18.1 Å². The Balaban J connectivity index is 2.25. The van der Waals surface area contributed by atoms with Gasteiger partial charge in [0.05, 0.1) is 0 Å². The molecule has 40 valence electrons. The van der Waals surface area contributed by atoms with Gasteiger partial charge in [-0.2, -0.15) is 11.8 Å². The molecular weight excluding hydrogens is 106 g/mol. The Morgan fingerprint density at radius 2 is 2.57 bits per heavy atom. The summed E-state index contributed by atoms with van der Waals surface area (Å²) in [5.41, 5.74) is 1.18. The molecule has 1 aliphatic rings. The summed E-state index contributed by atoms with van der Waals surface area (Å²) in [5, 5.41) is 3.17. The Bertz CT molecular complexity index is 72.1. The third kappa shape index (κ3) is 1.43. The minimum absolute atomic E-state index is 1.10. The van der Waals surface area contributed by atoms with Crippen LogP contribution in [-0.2, 0) is 0 Å². The highest BCUT2D eigenvalue weighted by Crippen LogP contribution is 2.07. The van der Waals surface area contributed by atoms with Crippen LogP contribution < -0.4 is 5.32 Å². The van der Waals surface area contributed by atoms with Crippen LogP contribution in [0.5, 0.6) is 0 Å². The highest BCUT2D eigenvalue weighted by atomic mass is 32.2. The molecule has 0 spiro atoms.